The average molecular weight is 256 g/mol. The van der Waals surface area contributed by atoms with Crippen LogP contribution >= 0.6 is 0 Å². The smallest absolute Gasteiger partial charge is 0.231 e. The van der Waals surface area contributed by atoms with Gasteiger partial charge in [0.2, 0.25) is 6.79 Å². The minimum absolute atomic E-state index is 0.351. The molecule has 1 aromatic carbocycles. The first-order valence-electron chi connectivity index (χ1n) is 7.17. The molecule has 3 aliphatic carbocycles. The van der Waals surface area contributed by atoms with Crippen LogP contribution < -0.4 is 9.47 Å². The van der Waals surface area contributed by atoms with Gasteiger partial charge in [0.15, 0.2) is 11.5 Å². The molecule has 2 heteroatoms. The van der Waals surface area contributed by atoms with Gasteiger partial charge in [0, 0.05) is 0 Å². The molecule has 0 saturated heterocycles. The third-order valence-electron chi connectivity index (χ3n) is 5.73. The largest absolute Gasteiger partial charge is 0.454 e. The highest BCUT2D eigenvalue weighted by Crippen LogP contribution is 2.66. The van der Waals surface area contributed by atoms with Crippen LogP contribution in [-0.2, 0) is 6.42 Å². The molecule has 1 aromatic rings. The molecular weight excluding hydrogens is 236 g/mol. The van der Waals surface area contributed by atoms with E-state index in [1.807, 2.05) is 6.07 Å². The van der Waals surface area contributed by atoms with E-state index in [9.17, 15) is 0 Å². The van der Waals surface area contributed by atoms with E-state index >= 15 is 0 Å². The Balaban J connectivity index is 1.65. The van der Waals surface area contributed by atoms with E-state index in [0.717, 1.165) is 23.8 Å². The molecule has 0 N–H and O–H groups in total. The Kier molecular flexibility index (Phi) is 2.13. The predicted octanol–water partition coefficient (Wildman–Crippen LogP) is 3.95. The predicted molar refractivity (Wildman–Crippen MR) is 74.3 cm³/mol. The maximum absolute atomic E-state index is 5.49. The Labute approximate surface area is 114 Å². The number of hydrogen-bond acceptors (Lipinski definition) is 2. The van der Waals surface area contributed by atoms with Crippen molar-refractivity contribution in [3.63, 3.8) is 0 Å². The highest BCUT2D eigenvalue weighted by molar-refractivity contribution is 5.45. The fraction of sp³-hybridized carbons (Fsp3) is 0.529. The van der Waals surface area contributed by atoms with Crippen molar-refractivity contribution in [1.29, 1.82) is 0 Å². The van der Waals surface area contributed by atoms with Crippen LogP contribution in [0, 0.1) is 16.7 Å². The quantitative estimate of drug-likeness (QED) is 0.746. The minimum Gasteiger partial charge on any atom is -0.454 e. The number of allylic oxidation sites excluding steroid dienone is 2. The summed E-state index contributed by atoms with van der Waals surface area (Å²) in [6, 6.07) is 6.39. The summed E-state index contributed by atoms with van der Waals surface area (Å²) in [5.74, 6) is 2.65. The summed E-state index contributed by atoms with van der Waals surface area (Å²) < 4.78 is 10.9. The summed E-state index contributed by atoms with van der Waals surface area (Å²) in [4.78, 5) is 0. The summed E-state index contributed by atoms with van der Waals surface area (Å²) in [5.41, 5.74) is 2.14. The highest BCUT2D eigenvalue weighted by atomic mass is 16.7. The van der Waals surface area contributed by atoms with Gasteiger partial charge in [0.05, 0.1) is 0 Å². The van der Waals surface area contributed by atoms with E-state index in [2.05, 4.69) is 38.1 Å². The lowest BCUT2D eigenvalue weighted by Gasteiger charge is -2.63. The van der Waals surface area contributed by atoms with Gasteiger partial charge in [-0.15, -0.1) is 0 Å². The van der Waals surface area contributed by atoms with Crippen LogP contribution in [0.2, 0.25) is 0 Å². The van der Waals surface area contributed by atoms with E-state index in [0.29, 0.717) is 17.6 Å². The fourth-order valence-electron chi connectivity index (χ4n) is 4.13. The average Bonchev–Trinajstić information content (AvgIpc) is 2.86. The third-order valence-corrected chi connectivity index (χ3v) is 5.73. The van der Waals surface area contributed by atoms with E-state index in [4.69, 9.17) is 9.47 Å². The molecule has 19 heavy (non-hydrogen) atoms. The van der Waals surface area contributed by atoms with Crippen LogP contribution in [0.3, 0.4) is 0 Å². The first kappa shape index (κ1) is 11.4. The van der Waals surface area contributed by atoms with Gasteiger partial charge in [0.25, 0.3) is 0 Å². The van der Waals surface area contributed by atoms with Crippen LogP contribution in [0.25, 0.3) is 0 Å². The summed E-state index contributed by atoms with van der Waals surface area (Å²) in [6.45, 7) is 5.21. The third kappa shape index (κ3) is 1.43. The maximum Gasteiger partial charge on any atom is 0.231 e. The zero-order valence-corrected chi connectivity index (χ0v) is 11.6. The number of hydrogen-bond donors (Lipinski definition) is 0. The summed E-state index contributed by atoms with van der Waals surface area (Å²) in [5, 5.41) is 0. The van der Waals surface area contributed by atoms with E-state index < -0.39 is 0 Å². The molecule has 5 rings (SSSR count). The lowest BCUT2D eigenvalue weighted by molar-refractivity contribution is -0.0920. The van der Waals surface area contributed by atoms with Gasteiger partial charge in [-0.1, -0.05) is 32.1 Å². The van der Waals surface area contributed by atoms with Crippen molar-refractivity contribution in [3.05, 3.63) is 35.9 Å². The second-order valence-corrected chi connectivity index (χ2v) is 6.78. The lowest BCUT2D eigenvalue weighted by Crippen LogP contribution is -2.56. The van der Waals surface area contributed by atoms with Crippen molar-refractivity contribution in [2.75, 3.05) is 6.79 Å². The Bertz CT molecular complexity index is 558. The summed E-state index contributed by atoms with van der Waals surface area (Å²) >= 11 is 0. The number of benzene rings is 1. The van der Waals surface area contributed by atoms with Crippen LogP contribution in [0.5, 0.6) is 11.5 Å². The van der Waals surface area contributed by atoms with Crippen LogP contribution in [0.15, 0.2) is 30.4 Å². The number of ether oxygens (including phenoxy) is 2. The van der Waals surface area contributed by atoms with Crippen LogP contribution in [-0.4, -0.2) is 6.79 Å². The molecule has 2 bridgehead atoms. The van der Waals surface area contributed by atoms with Crippen molar-refractivity contribution in [1.82, 2.24) is 0 Å². The standard InChI is InChI=1S/C17H20O2/c1-16(2)13-4-3-7-17(16,10-13)9-12-5-6-14-15(8-12)19-11-18-14/h3,5-8,13H,4,9-11H2,1-2H3. The zero-order chi connectivity index (χ0) is 13.1. The fourth-order valence-corrected chi connectivity index (χ4v) is 4.13. The normalized spacial score (nSPS) is 33.1. The van der Waals surface area contributed by atoms with Gasteiger partial charge in [-0.2, -0.15) is 0 Å². The summed E-state index contributed by atoms with van der Waals surface area (Å²) in [6.07, 6.45) is 8.56. The molecule has 0 aromatic heterocycles. The minimum atomic E-state index is 0.351. The van der Waals surface area contributed by atoms with Crippen LogP contribution in [0.4, 0.5) is 0 Å². The molecule has 0 amide bonds. The monoisotopic (exact) mass is 256 g/mol. The molecular formula is C17H20O2. The molecule has 1 heterocycles. The Morgan fingerprint density at radius 2 is 2.05 bits per heavy atom. The molecule has 4 aliphatic rings. The molecule has 1 aliphatic heterocycles. The lowest BCUT2D eigenvalue weighted by atomic mass is 9.41. The second kappa shape index (κ2) is 3.56. The molecule has 1 fully saturated rings. The highest BCUT2D eigenvalue weighted by Gasteiger charge is 2.58. The second-order valence-electron chi connectivity index (χ2n) is 6.78. The van der Waals surface area contributed by atoms with Gasteiger partial charge < -0.3 is 9.47 Å². The van der Waals surface area contributed by atoms with Crippen molar-refractivity contribution in [3.8, 4) is 11.5 Å². The van der Waals surface area contributed by atoms with Gasteiger partial charge in [-0.25, -0.2) is 0 Å². The van der Waals surface area contributed by atoms with Gasteiger partial charge >= 0.3 is 0 Å². The number of rotatable bonds is 2. The Hall–Kier alpha value is -1.44. The first-order valence-corrected chi connectivity index (χ1v) is 7.17. The molecule has 100 valence electrons. The molecule has 0 radical (unpaired) electrons. The summed E-state index contributed by atoms with van der Waals surface area (Å²) in [7, 11) is 0. The van der Waals surface area contributed by atoms with Crippen molar-refractivity contribution in [2.24, 2.45) is 16.7 Å². The van der Waals surface area contributed by atoms with E-state index in [1.165, 1.54) is 18.4 Å². The molecule has 2 atom stereocenters. The maximum atomic E-state index is 5.49. The molecule has 1 saturated carbocycles. The SMILES string of the molecule is CC1(C)C2CC=CC1(Cc1ccc3c(c1)OCO3)C2. The zero-order valence-electron chi connectivity index (χ0n) is 11.6. The van der Waals surface area contributed by atoms with Crippen molar-refractivity contribution in [2.45, 2.75) is 33.1 Å². The van der Waals surface area contributed by atoms with Gasteiger partial charge in [0.1, 0.15) is 0 Å². The molecule has 2 unspecified atom stereocenters. The van der Waals surface area contributed by atoms with Crippen molar-refractivity contribution < 1.29 is 9.47 Å². The van der Waals surface area contributed by atoms with E-state index in [1.54, 1.807) is 0 Å². The van der Waals surface area contributed by atoms with Gasteiger partial charge in [-0.3, -0.25) is 0 Å². The topological polar surface area (TPSA) is 18.5 Å². The molecule has 2 nitrogen and oxygen atoms in total. The van der Waals surface area contributed by atoms with Gasteiger partial charge in [-0.05, 0) is 53.7 Å². The first-order chi connectivity index (χ1) is 9.11. The molecule has 0 spiro atoms. The Morgan fingerprint density at radius 3 is 2.84 bits per heavy atom. The van der Waals surface area contributed by atoms with Crippen molar-refractivity contribution >= 4 is 0 Å². The number of fused-ring (bicyclic) bond motifs is 2. The van der Waals surface area contributed by atoms with Crippen LogP contribution in [0.1, 0.15) is 32.3 Å². The van der Waals surface area contributed by atoms with E-state index in [-0.39, 0.29) is 0 Å². The Morgan fingerprint density at radius 1 is 1.21 bits per heavy atom.